The smallest absolute Gasteiger partial charge is 0.305 e. The number of carboxylic acid groups (broad SMARTS) is 1. The molecule has 1 aliphatic carbocycles. The Kier molecular flexibility index (Phi) is 3.65. The minimum Gasteiger partial charge on any atom is -0.481 e. The maximum absolute atomic E-state index is 12.0. The predicted molar refractivity (Wildman–Crippen MR) is 67.4 cm³/mol. The molecule has 2 rings (SSSR count). The van der Waals surface area contributed by atoms with Gasteiger partial charge in [0.2, 0.25) is 5.91 Å². The van der Waals surface area contributed by atoms with Crippen LogP contribution in [0.25, 0.3) is 0 Å². The molecule has 2 unspecified atom stereocenters. The third-order valence-electron chi connectivity index (χ3n) is 3.43. The van der Waals surface area contributed by atoms with E-state index in [0.717, 1.165) is 12.0 Å². The summed E-state index contributed by atoms with van der Waals surface area (Å²) in [5.41, 5.74) is 2.28. The van der Waals surface area contributed by atoms with E-state index in [1.54, 1.807) is 0 Å². The van der Waals surface area contributed by atoms with Gasteiger partial charge in [0.1, 0.15) is 0 Å². The van der Waals surface area contributed by atoms with E-state index in [9.17, 15) is 9.59 Å². The van der Waals surface area contributed by atoms with E-state index in [-0.39, 0.29) is 24.3 Å². The highest BCUT2D eigenvalue weighted by Crippen LogP contribution is 2.34. The molecule has 0 spiro atoms. The number of rotatable bonds is 5. The molecule has 0 fully saturated rings. The molecule has 0 radical (unpaired) electrons. The van der Waals surface area contributed by atoms with E-state index in [4.69, 9.17) is 5.11 Å². The van der Waals surface area contributed by atoms with Crippen molar-refractivity contribution < 1.29 is 14.7 Å². The van der Waals surface area contributed by atoms with Gasteiger partial charge in [0.05, 0.1) is 12.3 Å². The molecular weight excluding hydrogens is 230 g/mol. The zero-order valence-electron chi connectivity index (χ0n) is 10.3. The summed E-state index contributed by atoms with van der Waals surface area (Å²) in [6, 6.07) is 7.59. The fraction of sp³-hybridized carbons (Fsp3) is 0.429. The second-order valence-electron chi connectivity index (χ2n) is 4.67. The van der Waals surface area contributed by atoms with Crippen LogP contribution in [-0.4, -0.2) is 23.0 Å². The summed E-state index contributed by atoms with van der Waals surface area (Å²) < 4.78 is 0. The van der Waals surface area contributed by atoms with Crippen LogP contribution in [-0.2, 0) is 16.0 Å². The van der Waals surface area contributed by atoms with Crippen molar-refractivity contribution in [1.29, 1.82) is 0 Å². The Labute approximate surface area is 106 Å². The van der Waals surface area contributed by atoms with Crippen LogP contribution in [0.1, 0.15) is 36.8 Å². The van der Waals surface area contributed by atoms with Crippen LogP contribution < -0.4 is 5.32 Å². The fourth-order valence-corrected chi connectivity index (χ4v) is 2.30. The summed E-state index contributed by atoms with van der Waals surface area (Å²) >= 11 is 0. The molecular formula is C14H17NO3. The first-order chi connectivity index (χ1) is 8.61. The zero-order valence-corrected chi connectivity index (χ0v) is 10.3. The monoisotopic (exact) mass is 247 g/mol. The Bertz CT molecular complexity index is 470. The summed E-state index contributed by atoms with van der Waals surface area (Å²) in [6.07, 6.45) is 1.37. The maximum atomic E-state index is 12.0. The highest BCUT2D eigenvalue weighted by molar-refractivity contribution is 5.87. The number of amides is 1. The Morgan fingerprint density at radius 1 is 1.44 bits per heavy atom. The molecule has 18 heavy (non-hydrogen) atoms. The van der Waals surface area contributed by atoms with Crippen LogP contribution in [0.15, 0.2) is 24.3 Å². The Morgan fingerprint density at radius 2 is 2.17 bits per heavy atom. The van der Waals surface area contributed by atoms with Gasteiger partial charge in [-0.05, 0) is 24.0 Å². The third-order valence-corrected chi connectivity index (χ3v) is 3.43. The molecule has 0 heterocycles. The minimum absolute atomic E-state index is 0.0173. The second-order valence-corrected chi connectivity index (χ2v) is 4.67. The molecule has 2 N–H and O–H groups in total. The van der Waals surface area contributed by atoms with Gasteiger partial charge < -0.3 is 10.4 Å². The first-order valence-electron chi connectivity index (χ1n) is 6.21. The van der Waals surface area contributed by atoms with Crippen LogP contribution in [0.2, 0.25) is 0 Å². The van der Waals surface area contributed by atoms with Gasteiger partial charge in [-0.25, -0.2) is 0 Å². The molecule has 4 heteroatoms. The van der Waals surface area contributed by atoms with Crippen molar-refractivity contribution in [3.63, 3.8) is 0 Å². The number of fused-ring (bicyclic) bond motifs is 1. The summed E-state index contributed by atoms with van der Waals surface area (Å²) in [5, 5.41) is 11.6. The van der Waals surface area contributed by atoms with Crippen molar-refractivity contribution in [3.05, 3.63) is 35.4 Å². The Morgan fingerprint density at radius 3 is 2.78 bits per heavy atom. The molecule has 1 aromatic rings. The number of carbonyl (C=O) groups is 2. The number of carbonyl (C=O) groups excluding carboxylic acids is 1. The normalized spacial score (nSPS) is 18.4. The van der Waals surface area contributed by atoms with Crippen molar-refractivity contribution >= 4 is 11.9 Å². The lowest BCUT2D eigenvalue weighted by Gasteiger charge is -2.30. The summed E-state index contributed by atoms with van der Waals surface area (Å²) in [4.78, 5) is 22.7. The Balaban J connectivity index is 1.96. The number of nitrogens with one attached hydrogen (secondary N) is 1. The largest absolute Gasteiger partial charge is 0.481 e. The maximum Gasteiger partial charge on any atom is 0.305 e. The molecule has 4 nitrogen and oxygen atoms in total. The van der Waals surface area contributed by atoms with Gasteiger partial charge >= 0.3 is 5.97 Å². The molecule has 0 bridgehead atoms. The number of carboxylic acids is 1. The number of hydrogen-bond donors (Lipinski definition) is 2. The summed E-state index contributed by atoms with van der Waals surface area (Å²) in [6.45, 7) is 1.88. The highest BCUT2D eigenvalue weighted by atomic mass is 16.4. The highest BCUT2D eigenvalue weighted by Gasteiger charge is 2.32. The lowest BCUT2D eigenvalue weighted by Crippen LogP contribution is -2.42. The van der Waals surface area contributed by atoms with Crippen molar-refractivity contribution in [2.75, 3.05) is 0 Å². The van der Waals surface area contributed by atoms with Crippen LogP contribution in [0, 0.1) is 0 Å². The molecule has 96 valence electrons. The second kappa shape index (κ2) is 5.21. The minimum atomic E-state index is -0.879. The lowest BCUT2D eigenvalue weighted by atomic mass is 9.77. The first-order valence-corrected chi connectivity index (χ1v) is 6.21. The van der Waals surface area contributed by atoms with Gasteiger partial charge in [-0.3, -0.25) is 9.59 Å². The number of aliphatic carboxylic acids is 1. The predicted octanol–water partition coefficient (Wildman–Crippen LogP) is 1.70. The van der Waals surface area contributed by atoms with Gasteiger partial charge in [-0.1, -0.05) is 31.2 Å². The van der Waals surface area contributed by atoms with E-state index < -0.39 is 5.97 Å². The van der Waals surface area contributed by atoms with Gasteiger partial charge in [-0.15, -0.1) is 0 Å². The van der Waals surface area contributed by atoms with Gasteiger partial charge in [0.25, 0.3) is 0 Å². The molecule has 0 aromatic heterocycles. The van der Waals surface area contributed by atoms with Crippen LogP contribution in [0.5, 0.6) is 0 Å². The number of benzene rings is 1. The molecule has 0 saturated heterocycles. The van der Waals surface area contributed by atoms with E-state index in [0.29, 0.717) is 6.42 Å². The third kappa shape index (κ3) is 2.53. The summed E-state index contributed by atoms with van der Waals surface area (Å²) in [7, 11) is 0. The van der Waals surface area contributed by atoms with Gasteiger partial charge in [-0.2, -0.15) is 0 Å². The van der Waals surface area contributed by atoms with E-state index >= 15 is 0 Å². The fourth-order valence-electron chi connectivity index (χ4n) is 2.30. The standard InChI is InChI=1S/C14H17NO3/c1-2-10(8-13(16)17)15-14(18)12-7-9-5-3-4-6-11(9)12/h3-6,10,12H,2,7-8H2,1H3,(H,15,18)(H,16,17). The molecule has 0 aliphatic heterocycles. The molecule has 2 atom stereocenters. The average molecular weight is 247 g/mol. The topological polar surface area (TPSA) is 66.4 Å². The van der Waals surface area contributed by atoms with Crippen molar-refractivity contribution in [2.45, 2.75) is 38.1 Å². The van der Waals surface area contributed by atoms with Crippen LogP contribution in [0.3, 0.4) is 0 Å². The van der Waals surface area contributed by atoms with Crippen LogP contribution >= 0.6 is 0 Å². The molecule has 1 aromatic carbocycles. The van der Waals surface area contributed by atoms with Gasteiger partial charge in [0.15, 0.2) is 0 Å². The molecule has 1 amide bonds. The lowest BCUT2D eigenvalue weighted by molar-refractivity contribution is -0.137. The van der Waals surface area contributed by atoms with Crippen molar-refractivity contribution in [3.8, 4) is 0 Å². The van der Waals surface area contributed by atoms with Crippen LogP contribution in [0.4, 0.5) is 0 Å². The van der Waals surface area contributed by atoms with E-state index in [2.05, 4.69) is 5.32 Å². The van der Waals surface area contributed by atoms with Gasteiger partial charge in [0, 0.05) is 6.04 Å². The first kappa shape index (κ1) is 12.6. The Hall–Kier alpha value is -1.84. The molecule has 0 saturated carbocycles. The summed E-state index contributed by atoms with van der Waals surface area (Å²) in [5.74, 6) is -1.04. The zero-order chi connectivity index (χ0) is 13.1. The van der Waals surface area contributed by atoms with Crippen molar-refractivity contribution in [2.24, 2.45) is 0 Å². The number of hydrogen-bond acceptors (Lipinski definition) is 2. The SMILES string of the molecule is CCC(CC(=O)O)NC(=O)C1Cc2ccccc21. The average Bonchev–Trinajstić information content (AvgIpc) is 2.29. The molecule has 1 aliphatic rings. The van der Waals surface area contributed by atoms with Crippen molar-refractivity contribution in [1.82, 2.24) is 5.32 Å². The van der Waals surface area contributed by atoms with E-state index in [1.807, 2.05) is 31.2 Å². The quantitative estimate of drug-likeness (QED) is 0.832. The van der Waals surface area contributed by atoms with E-state index in [1.165, 1.54) is 5.56 Å².